The second-order valence-electron chi connectivity index (χ2n) is 7.64. The summed E-state index contributed by atoms with van der Waals surface area (Å²) in [6.45, 7) is 2.28. The third-order valence-electron chi connectivity index (χ3n) is 4.87. The Balaban J connectivity index is 3.03. The van der Waals surface area contributed by atoms with Crippen LogP contribution in [0.3, 0.4) is 0 Å². The largest absolute Gasteiger partial charge is 0.229 e. The van der Waals surface area contributed by atoms with Gasteiger partial charge in [0.25, 0.3) is 0 Å². The van der Waals surface area contributed by atoms with Crippen molar-refractivity contribution in [2.24, 2.45) is 0 Å². The van der Waals surface area contributed by atoms with Crippen LogP contribution >= 0.6 is 0 Å². The van der Waals surface area contributed by atoms with E-state index in [1.807, 2.05) is 0 Å². The van der Waals surface area contributed by atoms with E-state index in [-0.39, 0.29) is 0 Å². The molecule has 0 saturated heterocycles. The van der Waals surface area contributed by atoms with Crippen molar-refractivity contribution in [3.63, 3.8) is 0 Å². The van der Waals surface area contributed by atoms with Crippen LogP contribution in [-0.4, -0.2) is 20.4 Å². The van der Waals surface area contributed by atoms with E-state index in [0.717, 1.165) is 12.8 Å². The van der Waals surface area contributed by atoms with Gasteiger partial charge in [0.15, 0.2) is 0 Å². The summed E-state index contributed by atoms with van der Waals surface area (Å²) >= 11 is 0. The van der Waals surface area contributed by atoms with Gasteiger partial charge in [-0.15, -0.1) is 0 Å². The quantitative estimate of drug-likeness (QED) is 0.231. The summed E-state index contributed by atoms with van der Waals surface area (Å²) in [6.07, 6.45) is 25.5. The Morgan fingerprint density at radius 1 is 0.458 bits per heavy atom. The normalized spacial score (nSPS) is 11.9. The molecular weight excluding hydrogens is 316 g/mol. The molecule has 0 aromatic heterocycles. The van der Waals surface area contributed by atoms with Gasteiger partial charge in [0, 0.05) is 12.0 Å². The van der Waals surface area contributed by atoms with E-state index < -0.39 is 9.84 Å². The molecule has 0 radical (unpaired) electrons. The van der Waals surface area contributed by atoms with Gasteiger partial charge in [-0.2, -0.15) is 0 Å². The Labute approximate surface area is 153 Å². The van der Waals surface area contributed by atoms with Crippen molar-refractivity contribution >= 4 is 9.84 Å². The number of sulfone groups is 1. The maximum Gasteiger partial charge on any atom is 0.147 e. The minimum Gasteiger partial charge on any atom is -0.229 e. The number of unbranched alkanes of at least 4 members (excludes halogenated alkanes) is 17. The lowest BCUT2D eigenvalue weighted by atomic mass is 10.0. The molecule has 0 aromatic rings. The van der Waals surface area contributed by atoms with E-state index >= 15 is 0 Å². The molecule has 0 atom stereocenters. The number of hydrogen-bond acceptors (Lipinski definition) is 2. The molecule has 0 rings (SSSR count). The fourth-order valence-electron chi connectivity index (χ4n) is 3.27. The molecule has 0 saturated carbocycles. The summed E-state index contributed by atoms with van der Waals surface area (Å²) in [5, 5.41) is 0. The van der Waals surface area contributed by atoms with E-state index in [2.05, 4.69) is 6.92 Å². The minimum atomic E-state index is -2.75. The maximum atomic E-state index is 11.0. The van der Waals surface area contributed by atoms with Gasteiger partial charge >= 0.3 is 0 Å². The van der Waals surface area contributed by atoms with Gasteiger partial charge in [-0.25, -0.2) is 8.42 Å². The molecule has 0 N–H and O–H groups in total. The second-order valence-corrected chi connectivity index (χ2v) is 9.90. The van der Waals surface area contributed by atoms with Gasteiger partial charge in [0.05, 0.1) is 0 Å². The smallest absolute Gasteiger partial charge is 0.147 e. The van der Waals surface area contributed by atoms with Crippen LogP contribution in [0, 0.1) is 0 Å². The molecule has 24 heavy (non-hydrogen) atoms. The van der Waals surface area contributed by atoms with E-state index in [1.54, 1.807) is 0 Å². The maximum absolute atomic E-state index is 11.0. The number of hydrogen-bond donors (Lipinski definition) is 0. The Hall–Kier alpha value is -0.0500. The summed E-state index contributed by atoms with van der Waals surface area (Å²) in [5.74, 6) is 0.367. The fourth-order valence-corrected chi connectivity index (χ4v) is 3.99. The monoisotopic (exact) mass is 360 g/mol. The molecule has 0 heterocycles. The molecule has 3 heteroatoms. The van der Waals surface area contributed by atoms with Gasteiger partial charge in [0.1, 0.15) is 9.84 Å². The van der Waals surface area contributed by atoms with Crippen molar-refractivity contribution in [1.82, 2.24) is 0 Å². The Kier molecular flexibility index (Phi) is 17.7. The first-order valence-corrected chi connectivity index (χ1v) is 12.8. The Bertz CT molecular complexity index is 336. The van der Waals surface area contributed by atoms with Crippen LogP contribution in [0.4, 0.5) is 0 Å². The SMILES string of the molecule is CCCCCCCCCCCCCCCCCCCCS(C)(=O)=O. The van der Waals surface area contributed by atoms with E-state index in [4.69, 9.17) is 0 Å². The molecular formula is C21H44O2S. The van der Waals surface area contributed by atoms with Crippen LogP contribution in [0.25, 0.3) is 0 Å². The van der Waals surface area contributed by atoms with Gasteiger partial charge in [-0.1, -0.05) is 116 Å². The molecule has 0 amide bonds. The lowest BCUT2D eigenvalue weighted by Gasteiger charge is -2.03. The number of rotatable bonds is 19. The zero-order chi connectivity index (χ0) is 17.9. The van der Waals surface area contributed by atoms with Gasteiger partial charge < -0.3 is 0 Å². The molecule has 0 bridgehead atoms. The first-order chi connectivity index (χ1) is 11.6. The lowest BCUT2D eigenvalue weighted by Crippen LogP contribution is -2.02. The first-order valence-electron chi connectivity index (χ1n) is 10.7. The highest BCUT2D eigenvalue weighted by Crippen LogP contribution is 2.14. The Morgan fingerprint density at radius 2 is 0.708 bits per heavy atom. The predicted molar refractivity (Wildman–Crippen MR) is 108 cm³/mol. The van der Waals surface area contributed by atoms with Gasteiger partial charge in [-0.05, 0) is 6.42 Å². The average molecular weight is 361 g/mol. The molecule has 146 valence electrons. The van der Waals surface area contributed by atoms with Crippen LogP contribution in [0.5, 0.6) is 0 Å². The first kappa shape index (κ1) is 23.9. The predicted octanol–water partition coefficient (Wildman–Crippen LogP) is 7.07. The third-order valence-corrected chi connectivity index (χ3v) is 5.90. The summed E-state index contributed by atoms with van der Waals surface area (Å²) in [7, 11) is -2.75. The lowest BCUT2D eigenvalue weighted by molar-refractivity contribution is 0.526. The highest BCUT2D eigenvalue weighted by atomic mass is 32.2. The highest BCUT2D eigenvalue weighted by Gasteiger charge is 2.00. The summed E-state index contributed by atoms with van der Waals surface area (Å²) in [5.41, 5.74) is 0. The molecule has 0 unspecified atom stereocenters. The molecule has 0 aliphatic carbocycles. The molecule has 0 spiro atoms. The molecule has 0 aliphatic rings. The second kappa shape index (κ2) is 17.8. The topological polar surface area (TPSA) is 34.1 Å². The molecule has 0 aliphatic heterocycles. The summed E-state index contributed by atoms with van der Waals surface area (Å²) < 4.78 is 22.0. The van der Waals surface area contributed by atoms with E-state index in [0.29, 0.717) is 5.75 Å². The van der Waals surface area contributed by atoms with Crippen molar-refractivity contribution in [2.75, 3.05) is 12.0 Å². The van der Waals surface area contributed by atoms with Crippen LogP contribution in [-0.2, 0) is 9.84 Å². The van der Waals surface area contributed by atoms with Crippen molar-refractivity contribution in [2.45, 2.75) is 122 Å². The zero-order valence-electron chi connectivity index (χ0n) is 16.7. The van der Waals surface area contributed by atoms with Gasteiger partial charge in [-0.3, -0.25) is 0 Å². The fraction of sp³-hybridized carbons (Fsp3) is 1.00. The van der Waals surface area contributed by atoms with Crippen LogP contribution in [0.15, 0.2) is 0 Å². The molecule has 0 aromatic carbocycles. The average Bonchev–Trinajstić information content (AvgIpc) is 2.52. The van der Waals surface area contributed by atoms with E-state index in [1.165, 1.54) is 109 Å². The van der Waals surface area contributed by atoms with Crippen LogP contribution in [0.1, 0.15) is 122 Å². The highest BCUT2D eigenvalue weighted by molar-refractivity contribution is 7.90. The van der Waals surface area contributed by atoms with Crippen molar-refractivity contribution in [1.29, 1.82) is 0 Å². The third kappa shape index (κ3) is 21.9. The minimum absolute atomic E-state index is 0.367. The van der Waals surface area contributed by atoms with Crippen LogP contribution in [0.2, 0.25) is 0 Å². The summed E-state index contributed by atoms with van der Waals surface area (Å²) in [4.78, 5) is 0. The van der Waals surface area contributed by atoms with Crippen molar-refractivity contribution in [3.8, 4) is 0 Å². The zero-order valence-corrected chi connectivity index (χ0v) is 17.5. The standard InChI is InChI=1S/C21H44O2S/c1-3-4-5-6-7-8-9-10-11-12-13-14-15-16-17-18-19-20-21-24(2,22)23/h3-21H2,1-2H3. The molecule has 0 fully saturated rings. The summed E-state index contributed by atoms with van der Waals surface area (Å²) in [6, 6.07) is 0. The van der Waals surface area contributed by atoms with E-state index in [9.17, 15) is 8.42 Å². The van der Waals surface area contributed by atoms with Crippen molar-refractivity contribution < 1.29 is 8.42 Å². The van der Waals surface area contributed by atoms with Crippen molar-refractivity contribution in [3.05, 3.63) is 0 Å². The Morgan fingerprint density at radius 3 is 0.958 bits per heavy atom. The molecule has 2 nitrogen and oxygen atoms in total. The van der Waals surface area contributed by atoms with Crippen LogP contribution < -0.4 is 0 Å². The van der Waals surface area contributed by atoms with Gasteiger partial charge in [0.2, 0.25) is 0 Å².